The third kappa shape index (κ3) is 3.07. The van der Waals surface area contributed by atoms with Gasteiger partial charge >= 0.3 is 0 Å². The minimum absolute atomic E-state index is 0.00162. The first-order valence-electron chi connectivity index (χ1n) is 4.77. The van der Waals surface area contributed by atoms with Gasteiger partial charge in [-0.2, -0.15) is 0 Å². The molecular formula is C10H12ClN3O3. The van der Waals surface area contributed by atoms with Crippen molar-refractivity contribution in [3.8, 4) is 0 Å². The summed E-state index contributed by atoms with van der Waals surface area (Å²) in [6.07, 6.45) is 0. The Balaban J connectivity index is 3.17. The lowest BCUT2D eigenvalue weighted by molar-refractivity contribution is -0.384. The molecule has 1 aromatic carbocycles. The van der Waals surface area contributed by atoms with Gasteiger partial charge in [0.05, 0.1) is 22.2 Å². The van der Waals surface area contributed by atoms with Crippen molar-refractivity contribution in [1.82, 2.24) is 0 Å². The maximum absolute atomic E-state index is 10.8. The fourth-order valence-electron chi connectivity index (χ4n) is 1.62. The number of aryl methyl sites for hydroxylation is 1. The van der Waals surface area contributed by atoms with E-state index < -0.39 is 10.8 Å². The average Bonchev–Trinajstić information content (AvgIpc) is 2.14. The first-order chi connectivity index (χ1) is 7.82. The van der Waals surface area contributed by atoms with Crippen LogP contribution in [0.2, 0.25) is 5.02 Å². The van der Waals surface area contributed by atoms with Gasteiger partial charge in [0.1, 0.15) is 0 Å². The van der Waals surface area contributed by atoms with Crippen molar-refractivity contribution in [2.24, 2.45) is 5.73 Å². The molecule has 17 heavy (non-hydrogen) atoms. The average molecular weight is 258 g/mol. The Bertz CT molecular complexity index is 453. The number of carbonyl (C=O) groups excluding carboxylic acids is 1. The van der Waals surface area contributed by atoms with E-state index in [4.69, 9.17) is 17.3 Å². The van der Waals surface area contributed by atoms with Crippen molar-refractivity contribution in [3.05, 3.63) is 32.8 Å². The molecule has 0 atom stereocenters. The second-order valence-electron chi connectivity index (χ2n) is 3.67. The predicted octanol–water partition coefficient (Wildman–Crippen LogP) is 1.48. The number of carbonyl (C=O) groups is 1. The molecule has 0 saturated carbocycles. The number of hydrogen-bond acceptors (Lipinski definition) is 4. The number of halogens is 1. The molecule has 0 bridgehead atoms. The molecular weight excluding hydrogens is 246 g/mol. The minimum Gasteiger partial charge on any atom is -0.368 e. The quantitative estimate of drug-likeness (QED) is 0.653. The molecule has 1 rings (SSSR count). The van der Waals surface area contributed by atoms with E-state index >= 15 is 0 Å². The lowest BCUT2D eigenvalue weighted by Crippen LogP contribution is -2.31. The number of anilines is 1. The first-order valence-corrected chi connectivity index (χ1v) is 5.14. The number of nitrogens with two attached hydrogens (primary N) is 1. The summed E-state index contributed by atoms with van der Waals surface area (Å²) in [6, 6.07) is 2.65. The van der Waals surface area contributed by atoms with Gasteiger partial charge in [-0.05, 0) is 12.5 Å². The zero-order valence-electron chi connectivity index (χ0n) is 9.44. The van der Waals surface area contributed by atoms with Crippen LogP contribution in [0.25, 0.3) is 0 Å². The largest absolute Gasteiger partial charge is 0.368 e. The summed E-state index contributed by atoms with van der Waals surface area (Å²) >= 11 is 5.96. The molecule has 1 aromatic rings. The number of primary amides is 1. The number of benzene rings is 1. The summed E-state index contributed by atoms with van der Waals surface area (Å²) in [7, 11) is 1.64. The van der Waals surface area contributed by atoms with Gasteiger partial charge in [-0.3, -0.25) is 14.9 Å². The zero-order valence-corrected chi connectivity index (χ0v) is 10.2. The molecule has 0 aliphatic heterocycles. The highest BCUT2D eigenvalue weighted by Crippen LogP contribution is 2.32. The lowest BCUT2D eigenvalue weighted by atomic mass is 10.1. The zero-order chi connectivity index (χ0) is 13.2. The highest BCUT2D eigenvalue weighted by atomic mass is 35.5. The Morgan fingerprint density at radius 2 is 2.18 bits per heavy atom. The van der Waals surface area contributed by atoms with Crippen LogP contribution in [0.5, 0.6) is 0 Å². The molecule has 0 aromatic heterocycles. The van der Waals surface area contributed by atoms with Gasteiger partial charge in [-0.15, -0.1) is 0 Å². The summed E-state index contributed by atoms with van der Waals surface area (Å²) in [5, 5.41) is 10.8. The normalized spacial score (nSPS) is 10.1. The maximum Gasteiger partial charge on any atom is 0.271 e. The van der Waals surface area contributed by atoms with Crippen molar-refractivity contribution in [3.63, 3.8) is 0 Å². The number of nitrogens with zero attached hydrogens (tertiary/aromatic N) is 2. The van der Waals surface area contributed by atoms with E-state index in [2.05, 4.69) is 0 Å². The molecule has 0 aliphatic rings. The Morgan fingerprint density at radius 1 is 1.59 bits per heavy atom. The first kappa shape index (κ1) is 13.2. The number of non-ortho nitro benzene ring substituents is 1. The standard InChI is InChI=1S/C10H12ClN3O3/c1-6-3-7(14(16)17)4-8(11)10(6)13(2)5-9(12)15/h3-4H,5H2,1-2H3,(H2,12,15). The van der Waals surface area contributed by atoms with Crippen LogP contribution >= 0.6 is 11.6 Å². The molecule has 0 fully saturated rings. The number of rotatable bonds is 4. The van der Waals surface area contributed by atoms with E-state index in [1.807, 2.05) is 0 Å². The van der Waals surface area contributed by atoms with Gasteiger partial charge in [0.15, 0.2) is 0 Å². The summed E-state index contributed by atoms with van der Waals surface area (Å²) in [4.78, 5) is 22.5. The van der Waals surface area contributed by atoms with Crippen LogP contribution in [0.3, 0.4) is 0 Å². The highest BCUT2D eigenvalue weighted by molar-refractivity contribution is 6.33. The van der Waals surface area contributed by atoms with Crippen molar-refractivity contribution in [1.29, 1.82) is 0 Å². The van der Waals surface area contributed by atoms with Gasteiger partial charge in [0, 0.05) is 19.2 Å². The molecule has 0 unspecified atom stereocenters. The number of likely N-dealkylation sites (N-methyl/N-ethyl adjacent to an activating group) is 1. The van der Waals surface area contributed by atoms with Crippen molar-refractivity contribution >= 4 is 28.9 Å². The molecule has 6 nitrogen and oxygen atoms in total. The van der Waals surface area contributed by atoms with Crippen LogP contribution in [0.15, 0.2) is 12.1 Å². The summed E-state index contributed by atoms with van der Waals surface area (Å²) < 4.78 is 0. The van der Waals surface area contributed by atoms with Gasteiger partial charge in [-0.25, -0.2) is 0 Å². The van der Waals surface area contributed by atoms with Crippen LogP contribution in [-0.4, -0.2) is 24.4 Å². The van der Waals surface area contributed by atoms with Gasteiger partial charge in [0.25, 0.3) is 5.69 Å². The lowest BCUT2D eigenvalue weighted by Gasteiger charge is -2.20. The fraction of sp³-hybridized carbons (Fsp3) is 0.300. The Labute approximate surface area is 103 Å². The summed E-state index contributed by atoms with van der Waals surface area (Å²) in [5.41, 5.74) is 6.18. The molecule has 7 heteroatoms. The smallest absolute Gasteiger partial charge is 0.271 e. The molecule has 0 saturated heterocycles. The molecule has 0 aliphatic carbocycles. The number of hydrogen-bond donors (Lipinski definition) is 1. The number of nitro benzene ring substituents is 1. The molecule has 0 spiro atoms. The minimum atomic E-state index is -0.517. The second-order valence-corrected chi connectivity index (χ2v) is 4.08. The Kier molecular flexibility index (Phi) is 3.90. The highest BCUT2D eigenvalue weighted by Gasteiger charge is 2.16. The van der Waals surface area contributed by atoms with E-state index in [1.165, 1.54) is 12.1 Å². The molecule has 0 heterocycles. The van der Waals surface area contributed by atoms with Gasteiger partial charge in [-0.1, -0.05) is 11.6 Å². The fourth-order valence-corrected chi connectivity index (χ4v) is 2.03. The van der Waals surface area contributed by atoms with E-state index in [9.17, 15) is 14.9 Å². The third-order valence-electron chi connectivity index (χ3n) is 2.22. The van der Waals surface area contributed by atoms with Crippen molar-refractivity contribution in [2.75, 3.05) is 18.5 Å². The van der Waals surface area contributed by atoms with E-state index in [0.29, 0.717) is 11.3 Å². The number of amides is 1. The van der Waals surface area contributed by atoms with Crippen LogP contribution < -0.4 is 10.6 Å². The molecule has 2 N–H and O–H groups in total. The van der Waals surface area contributed by atoms with Crippen LogP contribution in [-0.2, 0) is 4.79 Å². The van der Waals surface area contributed by atoms with E-state index in [0.717, 1.165) is 0 Å². The Hall–Kier alpha value is -1.82. The van der Waals surface area contributed by atoms with Crippen molar-refractivity contribution < 1.29 is 9.72 Å². The molecule has 0 radical (unpaired) electrons. The van der Waals surface area contributed by atoms with Crippen LogP contribution in [0.4, 0.5) is 11.4 Å². The van der Waals surface area contributed by atoms with E-state index in [-0.39, 0.29) is 17.3 Å². The summed E-state index contributed by atoms with van der Waals surface area (Å²) in [6.45, 7) is 1.68. The van der Waals surface area contributed by atoms with Crippen LogP contribution in [0.1, 0.15) is 5.56 Å². The monoisotopic (exact) mass is 257 g/mol. The van der Waals surface area contributed by atoms with E-state index in [1.54, 1.807) is 18.9 Å². The van der Waals surface area contributed by atoms with Gasteiger partial charge < -0.3 is 10.6 Å². The van der Waals surface area contributed by atoms with Crippen LogP contribution in [0, 0.1) is 17.0 Å². The predicted molar refractivity (Wildman–Crippen MR) is 65.3 cm³/mol. The molecule has 1 amide bonds. The SMILES string of the molecule is Cc1cc([N+](=O)[O-])cc(Cl)c1N(C)CC(N)=O. The molecule has 92 valence electrons. The Morgan fingerprint density at radius 3 is 2.59 bits per heavy atom. The summed E-state index contributed by atoms with van der Waals surface area (Å²) in [5.74, 6) is -0.499. The van der Waals surface area contributed by atoms with Gasteiger partial charge in [0.2, 0.25) is 5.91 Å². The maximum atomic E-state index is 10.8. The number of nitro groups is 1. The topological polar surface area (TPSA) is 89.5 Å². The second kappa shape index (κ2) is 5.01. The third-order valence-corrected chi connectivity index (χ3v) is 2.51. The van der Waals surface area contributed by atoms with Crippen molar-refractivity contribution in [2.45, 2.75) is 6.92 Å².